The van der Waals surface area contributed by atoms with E-state index in [4.69, 9.17) is 25.3 Å². The summed E-state index contributed by atoms with van der Waals surface area (Å²) in [6, 6.07) is 17.0. The van der Waals surface area contributed by atoms with E-state index in [0.29, 0.717) is 5.69 Å². The molecule has 0 unspecified atom stereocenters. The molecule has 4 aromatic rings. The Morgan fingerprint density at radius 1 is 0.853 bits per heavy atom. The molecule has 0 amide bonds. The average Bonchev–Trinajstić information content (AvgIpc) is 2.95. The van der Waals surface area contributed by atoms with E-state index >= 15 is 0 Å². The number of pyridine rings is 1. The summed E-state index contributed by atoms with van der Waals surface area (Å²) in [5.41, 5.74) is 7.97. The molecule has 0 atom stereocenters. The summed E-state index contributed by atoms with van der Waals surface area (Å²) < 4.78 is 25.8. The van der Waals surface area contributed by atoms with Gasteiger partial charge in [-0.1, -0.05) is 82.6 Å². The third-order valence-electron chi connectivity index (χ3n) is 5.44. The second-order valence-corrected chi connectivity index (χ2v) is 8.21. The van der Waals surface area contributed by atoms with E-state index in [1.807, 2.05) is 24.3 Å². The van der Waals surface area contributed by atoms with Crippen LogP contribution in [-0.4, -0.2) is 4.98 Å². The van der Waals surface area contributed by atoms with Crippen molar-refractivity contribution in [1.29, 1.82) is 0 Å². The van der Waals surface area contributed by atoms with Crippen molar-refractivity contribution in [3.8, 4) is 11.3 Å². The van der Waals surface area contributed by atoms with Gasteiger partial charge in [0.25, 0.3) is 0 Å². The van der Waals surface area contributed by atoms with E-state index in [1.165, 1.54) is 27.8 Å². The summed E-state index contributed by atoms with van der Waals surface area (Å²) in [6.45, 7) is 11.0. The van der Waals surface area contributed by atoms with Crippen molar-refractivity contribution in [1.82, 2.24) is 4.98 Å². The molecule has 0 fully saturated rings. The third-order valence-corrected chi connectivity index (χ3v) is 6.28. The van der Waals surface area contributed by atoms with Gasteiger partial charge in [-0.2, -0.15) is 37.6 Å². The van der Waals surface area contributed by atoms with Crippen LogP contribution in [0.2, 0.25) is 0 Å². The summed E-state index contributed by atoms with van der Waals surface area (Å²) in [6.07, 6.45) is 1.55. The monoisotopic (exact) mass is 762 g/mol. The van der Waals surface area contributed by atoms with Gasteiger partial charge in [0.05, 0.1) is 0 Å². The number of halogens is 2. The Balaban J connectivity index is 0.000000487. The molecule has 0 bridgehead atoms. The Hall–Kier alpha value is -1.45. The zero-order valence-corrected chi connectivity index (χ0v) is 25.1. The molecule has 1 heterocycles. The van der Waals surface area contributed by atoms with Crippen LogP contribution in [0.25, 0.3) is 11.3 Å². The van der Waals surface area contributed by atoms with Gasteiger partial charge in [0, 0.05) is 17.8 Å². The van der Waals surface area contributed by atoms with Gasteiger partial charge in [-0.05, 0) is 11.8 Å². The first-order valence-corrected chi connectivity index (χ1v) is 10.9. The number of hydrogen-bond acceptors (Lipinski definition) is 3. The van der Waals surface area contributed by atoms with Crippen molar-refractivity contribution >= 4 is 25.3 Å². The fourth-order valence-corrected chi connectivity index (χ4v) is 3.30. The van der Waals surface area contributed by atoms with Crippen molar-refractivity contribution in [2.45, 2.75) is 44.4 Å². The van der Waals surface area contributed by atoms with Crippen LogP contribution in [-0.2, 0) is 65.8 Å². The van der Waals surface area contributed by atoms with Crippen LogP contribution in [0, 0.1) is 52.3 Å². The number of rotatable bonds is 1. The van der Waals surface area contributed by atoms with E-state index in [9.17, 15) is 8.78 Å². The minimum absolute atomic E-state index is 0. The first-order chi connectivity index (χ1) is 15.1. The Labute approximate surface area is 240 Å². The average molecular weight is 762 g/mol. The summed E-state index contributed by atoms with van der Waals surface area (Å²) in [7, 11) is 0. The summed E-state index contributed by atoms with van der Waals surface area (Å²) in [4.78, 5) is 5.48. The van der Waals surface area contributed by atoms with Crippen LogP contribution in [0.5, 0.6) is 0 Å². The fourth-order valence-electron chi connectivity index (χ4n) is 3.01. The summed E-state index contributed by atoms with van der Waals surface area (Å²) >= 11 is 9.70. The first-order valence-electron chi connectivity index (χ1n) is 10.0. The zero-order chi connectivity index (χ0) is 23.8. The molecule has 0 saturated carbocycles. The van der Waals surface area contributed by atoms with E-state index in [2.05, 4.69) is 45.7 Å². The van der Waals surface area contributed by atoms with Gasteiger partial charge in [0.15, 0.2) is 0 Å². The molecular formula is C27H25F2NPtRuS2. The Kier molecular flexibility index (Phi) is 14.9. The second-order valence-electron chi connectivity index (χ2n) is 7.33. The number of benzene rings is 2. The molecule has 0 N–H and O–H groups in total. The largest absolute Gasteiger partial charge is 2.00 e. The van der Waals surface area contributed by atoms with Crippen molar-refractivity contribution in [2.24, 2.45) is 0 Å². The van der Waals surface area contributed by atoms with Crippen LogP contribution < -0.4 is 0 Å². The maximum Gasteiger partial charge on any atom is 2.00 e. The molecular weight excluding hydrogens is 737 g/mol. The van der Waals surface area contributed by atoms with Crippen molar-refractivity contribution < 1.29 is 49.3 Å². The molecule has 0 aliphatic rings. The first kappa shape index (κ1) is 32.6. The van der Waals surface area contributed by atoms with Gasteiger partial charge < -0.3 is 30.2 Å². The molecule has 0 radical (unpaired) electrons. The van der Waals surface area contributed by atoms with Crippen LogP contribution in [0.1, 0.15) is 27.8 Å². The Bertz CT molecular complexity index is 1080. The normalized spacial score (nSPS) is 9.38. The topological polar surface area (TPSA) is 12.9 Å². The van der Waals surface area contributed by atoms with E-state index in [-0.39, 0.29) is 46.1 Å². The Morgan fingerprint density at radius 2 is 1.35 bits per heavy atom. The predicted molar refractivity (Wildman–Crippen MR) is 132 cm³/mol. The molecule has 182 valence electrons. The minimum atomic E-state index is -0.649. The van der Waals surface area contributed by atoms with Crippen LogP contribution in [0.4, 0.5) is 8.78 Å². The van der Waals surface area contributed by atoms with E-state index in [0.717, 1.165) is 21.9 Å². The predicted octanol–water partition coefficient (Wildman–Crippen LogP) is 7.27. The Morgan fingerprint density at radius 3 is 1.71 bits per heavy atom. The quantitative estimate of drug-likeness (QED) is 0.115. The molecule has 0 spiro atoms. The molecule has 0 saturated heterocycles. The molecule has 3 aromatic carbocycles. The number of aromatic nitrogens is 1. The maximum absolute atomic E-state index is 13.2. The number of nitrogens with zero attached hydrogens (tertiary/aromatic N) is 1. The minimum Gasteiger partial charge on any atom is -0.781 e. The van der Waals surface area contributed by atoms with E-state index in [1.54, 1.807) is 24.4 Å². The number of hydrogen-bond donors (Lipinski definition) is 0. The van der Waals surface area contributed by atoms with E-state index < -0.39 is 11.6 Å². The summed E-state index contributed by atoms with van der Waals surface area (Å²) in [5.74, 6) is -1.29. The van der Waals surface area contributed by atoms with Gasteiger partial charge >= 0.3 is 40.5 Å². The smallest absolute Gasteiger partial charge is 0.781 e. The molecule has 1 nitrogen and oxygen atoms in total. The molecule has 0 aliphatic heterocycles. The fraction of sp³-hybridized carbons (Fsp3) is 0.185. The SMILES string of the molecule is Cc1c(C)c(C)[c-](C)c1C.Fc1c[c-]c(-c2ccccn2)c(F)c1.[Pt+2].[Ru+2].[S-]c1ccccc1[S-]. The standard InChI is InChI=1S/C11H6F2N.C10H15.C6H6S2.Pt.Ru/c12-8-4-5-9(10(13)7-8)11-3-1-2-6-14-11;1-6-7(2)9(4)10(5)8(6)3;7-5-3-1-2-4-6(5)8;;/h1-4,6-7H;1-5H3;1-4,7-8H;;/q2*-1;;2*+2/p-2. The second kappa shape index (κ2) is 15.5. The maximum atomic E-state index is 13.2. The zero-order valence-electron chi connectivity index (χ0n) is 19.5. The molecule has 34 heavy (non-hydrogen) atoms. The van der Waals surface area contributed by atoms with Crippen LogP contribution in [0.3, 0.4) is 0 Å². The van der Waals surface area contributed by atoms with Gasteiger partial charge in [0.2, 0.25) is 0 Å². The van der Waals surface area contributed by atoms with Crippen molar-refractivity contribution in [3.05, 3.63) is 106 Å². The van der Waals surface area contributed by atoms with Gasteiger partial charge in [0.1, 0.15) is 0 Å². The van der Waals surface area contributed by atoms with Crippen LogP contribution >= 0.6 is 0 Å². The van der Waals surface area contributed by atoms with Crippen molar-refractivity contribution in [3.63, 3.8) is 0 Å². The van der Waals surface area contributed by atoms with Crippen molar-refractivity contribution in [2.75, 3.05) is 0 Å². The third kappa shape index (κ3) is 8.97. The molecule has 1 aromatic heterocycles. The van der Waals surface area contributed by atoms with Gasteiger partial charge in [-0.3, -0.25) is 8.78 Å². The van der Waals surface area contributed by atoms with Gasteiger partial charge in [-0.25, -0.2) is 0 Å². The van der Waals surface area contributed by atoms with Crippen LogP contribution in [0.15, 0.2) is 70.6 Å². The summed E-state index contributed by atoms with van der Waals surface area (Å²) in [5, 5.41) is 0. The molecule has 0 aliphatic carbocycles. The molecule has 7 heteroatoms. The van der Waals surface area contributed by atoms with Gasteiger partial charge in [-0.15, -0.1) is 12.1 Å². The molecule has 4 rings (SSSR count).